The SMILES string of the molecule is CN=C(NCCCOC(C)C)N(C)CCC1CCOCC1. The summed E-state index contributed by atoms with van der Waals surface area (Å²) >= 11 is 0. The van der Waals surface area contributed by atoms with Crippen molar-refractivity contribution in [2.24, 2.45) is 10.9 Å². The van der Waals surface area contributed by atoms with E-state index in [0.717, 1.165) is 51.2 Å². The summed E-state index contributed by atoms with van der Waals surface area (Å²) in [6, 6.07) is 0. The van der Waals surface area contributed by atoms with Crippen LogP contribution < -0.4 is 5.32 Å². The first-order valence-electron chi connectivity index (χ1n) is 8.24. The number of ether oxygens (including phenoxy) is 2. The molecule has 124 valence electrons. The normalized spacial score (nSPS) is 17.3. The maximum absolute atomic E-state index is 5.54. The second-order valence-corrected chi connectivity index (χ2v) is 6.01. The number of nitrogens with one attached hydrogen (secondary N) is 1. The Morgan fingerprint density at radius 2 is 2.10 bits per heavy atom. The van der Waals surface area contributed by atoms with E-state index in [1.54, 1.807) is 0 Å². The Labute approximate surface area is 130 Å². The first-order valence-corrected chi connectivity index (χ1v) is 8.24. The molecule has 21 heavy (non-hydrogen) atoms. The third-order valence-corrected chi connectivity index (χ3v) is 3.84. The van der Waals surface area contributed by atoms with E-state index in [2.05, 4.69) is 36.1 Å². The molecule has 0 radical (unpaired) electrons. The van der Waals surface area contributed by atoms with Gasteiger partial charge in [-0.3, -0.25) is 4.99 Å². The fourth-order valence-corrected chi connectivity index (χ4v) is 2.49. The Hall–Kier alpha value is -0.810. The quantitative estimate of drug-likeness (QED) is 0.424. The average Bonchev–Trinajstić information content (AvgIpc) is 2.49. The van der Waals surface area contributed by atoms with Gasteiger partial charge in [-0.1, -0.05) is 0 Å². The Morgan fingerprint density at radius 3 is 2.71 bits per heavy atom. The molecule has 0 aliphatic carbocycles. The molecule has 1 saturated heterocycles. The van der Waals surface area contributed by atoms with Crippen molar-refractivity contribution in [2.75, 3.05) is 47.0 Å². The highest BCUT2D eigenvalue weighted by Crippen LogP contribution is 2.18. The summed E-state index contributed by atoms with van der Waals surface area (Å²) in [6.07, 6.45) is 4.94. The molecular weight excluding hydrogens is 266 g/mol. The first kappa shape index (κ1) is 18.2. The van der Waals surface area contributed by atoms with E-state index in [9.17, 15) is 0 Å². The molecule has 0 unspecified atom stereocenters. The first-order chi connectivity index (χ1) is 10.1. The standard InChI is InChI=1S/C16H33N3O2/c1-14(2)21-11-5-9-18-16(17-3)19(4)10-6-15-7-12-20-13-8-15/h14-15H,5-13H2,1-4H3,(H,17,18). The lowest BCUT2D eigenvalue weighted by atomic mass is 9.96. The van der Waals surface area contributed by atoms with Crippen molar-refractivity contribution in [3.63, 3.8) is 0 Å². The molecule has 0 atom stereocenters. The van der Waals surface area contributed by atoms with Gasteiger partial charge in [0.1, 0.15) is 0 Å². The summed E-state index contributed by atoms with van der Waals surface area (Å²) in [5.41, 5.74) is 0. The molecule has 5 nitrogen and oxygen atoms in total. The topological polar surface area (TPSA) is 46.1 Å². The molecule has 1 rings (SSSR count). The van der Waals surface area contributed by atoms with Crippen LogP contribution in [0, 0.1) is 5.92 Å². The molecule has 1 fully saturated rings. The molecule has 1 N–H and O–H groups in total. The third kappa shape index (κ3) is 8.27. The van der Waals surface area contributed by atoms with Crippen LogP contribution in [0.2, 0.25) is 0 Å². The van der Waals surface area contributed by atoms with Gasteiger partial charge in [0.25, 0.3) is 0 Å². The van der Waals surface area contributed by atoms with Gasteiger partial charge in [0.05, 0.1) is 6.10 Å². The van der Waals surface area contributed by atoms with E-state index < -0.39 is 0 Å². The fourth-order valence-electron chi connectivity index (χ4n) is 2.49. The molecule has 1 heterocycles. The number of guanidine groups is 1. The van der Waals surface area contributed by atoms with Crippen LogP contribution in [0.5, 0.6) is 0 Å². The van der Waals surface area contributed by atoms with Crippen molar-refractivity contribution >= 4 is 5.96 Å². The van der Waals surface area contributed by atoms with Crippen molar-refractivity contribution in [3.05, 3.63) is 0 Å². The second-order valence-electron chi connectivity index (χ2n) is 6.01. The molecule has 1 aliphatic rings. The Bertz CT molecular complexity index is 289. The van der Waals surface area contributed by atoms with E-state index >= 15 is 0 Å². The van der Waals surface area contributed by atoms with E-state index in [1.165, 1.54) is 19.3 Å². The molecule has 0 spiro atoms. The van der Waals surface area contributed by atoms with Crippen molar-refractivity contribution in [1.82, 2.24) is 10.2 Å². The lowest BCUT2D eigenvalue weighted by Gasteiger charge is -2.26. The summed E-state index contributed by atoms with van der Waals surface area (Å²) in [5.74, 6) is 1.78. The van der Waals surface area contributed by atoms with E-state index in [1.807, 2.05) is 7.05 Å². The number of nitrogens with zero attached hydrogens (tertiary/aromatic N) is 2. The van der Waals surface area contributed by atoms with Crippen LogP contribution in [-0.2, 0) is 9.47 Å². The lowest BCUT2D eigenvalue weighted by Crippen LogP contribution is -2.40. The number of hydrogen-bond acceptors (Lipinski definition) is 3. The Balaban J connectivity index is 2.15. The number of aliphatic imine (C=N–C) groups is 1. The highest BCUT2D eigenvalue weighted by molar-refractivity contribution is 5.79. The highest BCUT2D eigenvalue weighted by atomic mass is 16.5. The molecule has 1 aliphatic heterocycles. The van der Waals surface area contributed by atoms with Crippen molar-refractivity contribution in [1.29, 1.82) is 0 Å². The smallest absolute Gasteiger partial charge is 0.193 e. The van der Waals surface area contributed by atoms with Gasteiger partial charge in [-0.2, -0.15) is 0 Å². The maximum Gasteiger partial charge on any atom is 0.193 e. The summed E-state index contributed by atoms with van der Waals surface area (Å²) in [4.78, 5) is 6.57. The van der Waals surface area contributed by atoms with Crippen molar-refractivity contribution in [2.45, 2.75) is 45.6 Å². The van der Waals surface area contributed by atoms with Gasteiger partial charge < -0.3 is 19.7 Å². The van der Waals surface area contributed by atoms with Crippen LogP contribution in [0.1, 0.15) is 39.5 Å². The van der Waals surface area contributed by atoms with Gasteiger partial charge >= 0.3 is 0 Å². The zero-order valence-corrected chi connectivity index (χ0v) is 14.2. The van der Waals surface area contributed by atoms with Gasteiger partial charge in [-0.15, -0.1) is 0 Å². The summed E-state index contributed by atoms with van der Waals surface area (Å²) in [6.45, 7) is 8.74. The molecule has 0 amide bonds. The Kier molecular flexibility index (Phi) is 9.42. The molecule has 0 aromatic heterocycles. The van der Waals surface area contributed by atoms with Crippen LogP contribution in [0.3, 0.4) is 0 Å². The second kappa shape index (κ2) is 10.9. The minimum Gasteiger partial charge on any atom is -0.381 e. The van der Waals surface area contributed by atoms with Crippen LogP contribution in [0.15, 0.2) is 4.99 Å². The van der Waals surface area contributed by atoms with E-state index in [4.69, 9.17) is 9.47 Å². The highest BCUT2D eigenvalue weighted by Gasteiger charge is 2.15. The minimum atomic E-state index is 0.312. The van der Waals surface area contributed by atoms with Gasteiger partial charge in [0, 0.05) is 47.0 Å². The van der Waals surface area contributed by atoms with Gasteiger partial charge in [0.15, 0.2) is 5.96 Å². The van der Waals surface area contributed by atoms with Crippen molar-refractivity contribution in [3.8, 4) is 0 Å². The largest absolute Gasteiger partial charge is 0.381 e. The summed E-state index contributed by atoms with van der Waals surface area (Å²) in [5, 5.41) is 3.40. The fraction of sp³-hybridized carbons (Fsp3) is 0.938. The van der Waals surface area contributed by atoms with Gasteiger partial charge in [-0.25, -0.2) is 0 Å². The van der Waals surface area contributed by atoms with Crippen LogP contribution in [0.4, 0.5) is 0 Å². The minimum absolute atomic E-state index is 0.312. The molecular formula is C16H33N3O2. The van der Waals surface area contributed by atoms with E-state index in [0.29, 0.717) is 6.10 Å². The Morgan fingerprint density at radius 1 is 1.38 bits per heavy atom. The summed E-state index contributed by atoms with van der Waals surface area (Å²) < 4.78 is 10.9. The monoisotopic (exact) mass is 299 g/mol. The maximum atomic E-state index is 5.54. The molecule has 0 saturated carbocycles. The van der Waals surface area contributed by atoms with E-state index in [-0.39, 0.29) is 0 Å². The predicted octanol–water partition coefficient (Wildman–Crippen LogP) is 2.13. The van der Waals surface area contributed by atoms with Crippen molar-refractivity contribution < 1.29 is 9.47 Å². The molecule has 0 aromatic carbocycles. The van der Waals surface area contributed by atoms with Crippen LogP contribution in [-0.4, -0.2) is 64.0 Å². The zero-order chi connectivity index (χ0) is 15.5. The molecule has 0 aromatic rings. The third-order valence-electron chi connectivity index (χ3n) is 3.84. The van der Waals surface area contributed by atoms with Gasteiger partial charge in [-0.05, 0) is 45.4 Å². The predicted molar refractivity (Wildman–Crippen MR) is 87.9 cm³/mol. The number of rotatable bonds is 8. The average molecular weight is 299 g/mol. The zero-order valence-electron chi connectivity index (χ0n) is 14.2. The molecule has 0 bridgehead atoms. The summed E-state index contributed by atoms with van der Waals surface area (Å²) in [7, 11) is 3.96. The molecule has 5 heteroatoms. The van der Waals surface area contributed by atoms with Crippen LogP contribution in [0.25, 0.3) is 0 Å². The van der Waals surface area contributed by atoms with Gasteiger partial charge in [0.2, 0.25) is 0 Å². The van der Waals surface area contributed by atoms with Crippen LogP contribution >= 0.6 is 0 Å². The lowest BCUT2D eigenvalue weighted by molar-refractivity contribution is 0.0625. The number of hydrogen-bond donors (Lipinski definition) is 1.